The van der Waals surface area contributed by atoms with Crippen LogP contribution in [0.5, 0.6) is 11.5 Å². The second kappa shape index (κ2) is 7.53. The maximum Gasteiger partial charge on any atom is 0.255 e. The zero-order chi connectivity index (χ0) is 17.6. The molecule has 0 radical (unpaired) electrons. The van der Waals surface area contributed by atoms with Crippen LogP contribution in [0.1, 0.15) is 15.9 Å². The molecular weight excluding hydrogens is 320 g/mol. The van der Waals surface area contributed by atoms with E-state index in [1.807, 2.05) is 18.2 Å². The molecule has 2 aromatic heterocycles. The number of hydrogen-bond acceptors (Lipinski definition) is 5. The van der Waals surface area contributed by atoms with Gasteiger partial charge in [0.2, 0.25) is 0 Å². The summed E-state index contributed by atoms with van der Waals surface area (Å²) < 4.78 is 15.6. The molecular formula is C19H18N2O4. The maximum absolute atomic E-state index is 12.4. The van der Waals surface area contributed by atoms with Crippen LogP contribution in [0.25, 0.3) is 11.3 Å². The van der Waals surface area contributed by atoms with Crippen molar-refractivity contribution in [2.45, 2.75) is 6.54 Å². The Kier molecular flexibility index (Phi) is 4.99. The molecule has 0 unspecified atom stereocenters. The average Bonchev–Trinajstić information content (AvgIpc) is 3.20. The molecule has 0 aliphatic carbocycles. The van der Waals surface area contributed by atoms with Crippen LogP contribution in [0, 0.1) is 0 Å². The highest BCUT2D eigenvalue weighted by Crippen LogP contribution is 2.30. The van der Waals surface area contributed by atoms with Crippen molar-refractivity contribution in [1.29, 1.82) is 0 Å². The van der Waals surface area contributed by atoms with Gasteiger partial charge in [-0.05, 0) is 29.8 Å². The number of furan rings is 1. The van der Waals surface area contributed by atoms with Crippen LogP contribution in [0.4, 0.5) is 0 Å². The van der Waals surface area contributed by atoms with Crippen molar-refractivity contribution in [2.75, 3.05) is 14.2 Å². The Morgan fingerprint density at radius 3 is 2.68 bits per heavy atom. The predicted octanol–water partition coefficient (Wildman–Crippen LogP) is 3.29. The van der Waals surface area contributed by atoms with E-state index in [4.69, 9.17) is 13.9 Å². The fourth-order valence-electron chi connectivity index (χ4n) is 2.45. The minimum Gasteiger partial charge on any atom is -0.493 e. The average molecular weight is 338 g/mol. The van der Waals surface area contributed by atoms with E-state index in [1.165, 1.54) is 14.2 Å². The summed E-state index contributed by atoms with van der Waals surface area (Å²) in [7, 11) is 3.04. The van der Waals surface area contributed by atoms with Gasteiger partial charge in [-0.1, -0.05) is 12.1 Å². The fraction of sp³-hybridized carbons (Fsp3) is 0.158. The van der Waals surface area contributed by atoms with Gasteiger partial charge in [-0.15, -0.1) is 0 Å². The van der Waals surface area contributed by atoms with Gasteiger partial charge in [0.15, 0.2) is 11.5 Å². The van der Waals surface area contributed by atoms with E-state index in [0.717, 1.165) is 16.8 Å². The molecule has 0 saturated carbocycles. The zero-order valence-corrected chi connectivity index (χ0v) is 14.0. The Bertz CT molecular complexity index is 842. The van der Waals surface area contributed by atoms with Gasteiger partial charge in [0.1, 0.15) is 0 Å². The van der Waals surface area contributed by atoms with Crippen LogP contribution in [0.15, 0.2) is 59.5 Å². The normalized spacial score (nSPS) is 10.3. The molecule has 6 nitrogen and oxygen atoms in total. The van der Waals surface area contributed by atoms with Crippen molar-refractivity contribution in [1.82, 2.24) is 10.3 Å². The quantitative estimate of drug-likeness (QED) is 0.746. The van der Waals surface area contributed by atoms with Crippen LogP contribution in [-0.4, -0.2) is 25.1 Å². The predicted molar refractivity (Wildman–Crippen MR) is 92.7 cm³/mol. The summed E-state index contributed by atoms with van der Waals surface area (Å²) in [5.74, 6) is 0.687. The summed E-state index contributed by atoms with van der Waals surface area (Å²) in [6.45, 7) is 0.359. The van der Waals surface area contributed by atoms with E-state index in [1.54, 1.807) is 36.9 Å². The van der Waals surface area contributed by atoms with Gasteiger partial charge in [0.05, 0.1) is 38.0 Å². The summed E-state index contributed by atoms with van der Waals surface area (Å²) in [6, 6.07) is 10.8. The van der Waals surface area contributed by atoms with Crippen LogP contribution in [0.2, 0.25) is 0 Å². The number of carbonyl (C=O) groups excluding carboxylic acids is 1. The summed E-state index contributed by atoms with van der Waals surface area (Å²) in [6.07, 6.45) is 4.97. The number of nitrogens with zero attached hydrogens (tertiary/aromatic N) is 1. The molecule has 0 bridgehead atoms. The van der Waals surface area contributed by atoms with Gasteiger partial charge in [-0.25, -0.2) is 0 Å². The number of ether oxygens (including phenoxy) is 2. The zero-order valence-electron chi connectivity index (χ0n) is 14.0. The van der Waals surface area contributed by atoms with Gasteiger partial charge in [0.25, 0.3) is 5.91 Å². The van der Waals surface area contributed by atoms with Crippen molar-refractivity contribution in [3.8, 4) is 22.8 Å². The van der Waals surface area contributed by atoms with Crippen LogP contribution >= 0.6 is 0 Å². The second-order valence-corrected chi connectivity index (χ2v) is 5.29. The van der Waals surface area contributed by atoms with Crippen LogP contribution in [-0.2, 0) is 6.54 Å². The fourth-order valence-corrected chi connectivity index (χ4v) is 2.45. The number of pyridine rings is 1. The number of carbonyl (C=O) groups is 1. The molecule has 0 aliphatic rings. The third-order valence-electron chi connectivity index (χ3n) is 3.74. The van der Waals surface area contributed by atoms with Gasteiger partial charge in [0, 0.05) is 18.3 Å². The Hall–Kier alpha value is -3.28. The highest BCUT2D eigenvalue weighted by atomic mass is 16.5. The van der Waals surface area contributed by atoms with E-state index in [2.05, 4.69) is 10.3 Å². The first kappa shape index (κ1) is 16.6. The van der Waals surface area contributed by atoms with Crippen LogP contribution < -0.4 is 14.8 Å². The minimum atomic E-state index is -0.241. The lowest BCUT2D eigenvalue weighted by atomic mass is 10.1. The first-order valence-corrected chi connectivity index (χ1v) is 7.69. The molecule has 1 N–H and O–H groups in total. The third kappa shape index (κ3) is 3.63. The number of rotatable bonds is 6. The van der Waals surface area contributed by atoms with E-state index < -0.39 is 0 Å². The van der Waals surface area contributed by atoms with E-state index >= 15 is 0 Å². The Balaban J connectivity index is 1.68. The topological polar surface area (TPSA) is 73.6 Å². The summed E-state index contributed by atoms with van der Waals surface area (Å²) >= 11 is 0. The number of hydrogen-bond donors (Lipinski definition) is 1. The molecule has 6 heteroatoms. The number of methoxy groups -OCH3 is 2. The lowest BCUT2D eigenvalue weighted by molar-refractivity contribution is 0.0947. The largest absolute Gasteiger partial charge is 0.493 e. The molecule has 0 saturated heterocycles. The monoisotopic (exact) mass is 338 g/mol. The molecule has 1 amide bonds. The Morgan fingerprint density at radius 1 is 1.16 bits per heavy atom. The number of nitrogens with one attached hydrogen (secondary N) is 1. The molecule has 128 valence electrons. The minimum absolute atomic E-state index is 0.241. The Labute approximate surface area is 145 Å². The van der Waals surface area contributed by atoms with Crippen molar-refractivity contribution >= 4 is 5.91 Å². The maximum atomic E-state index is 12.4. The number of amides is 1. The summed E-state index contributed by atoms with van der Waals surface area (Å²) in [5, 5.41) is 2.86. The van der Waals surface area contributed by atoms with Crippen molar-refractivity contribution in [3.63, 3.8) is 0 Å². The van der Waals surface area contributed by atoms with Gasteiger partial charge in [-0.2, -0.15) is 0 Å². The molecule has 0 fully saturated rings. The first-order chi connectivity index (χ1) is 12.2. The number of aromatic nitrogens is 1. The molecule has 25 heavy (non-hydrogen) atoms. The third-order valence-corrected chi connectivity index (χ3v) is 3.74. The van der Waals surface area contributed by atoms with Gasteiger partial charge >= 0.3 is 0 Å². The van der Waals surface area contributed by atoms with Crippen molar-refractivity contribution in [3.05, 3.63) is 66.2 Å². The van der Waals surface area contributed by atoms with Crippen molar-refractivity contribution in [2.24, 2.45) is 0 Å². The lowest BCUT2D eigenvalue weighted by Crippen LogP contribution is -2.23. The molecule has 2 heterocycles. The van der Waals surface area contributed by atoms with Crippen LogP contribution in [0.3, 0.4) is 0 Å². The molecule has 3 aromatic rings. The molecule has 0 spiro atoms. The standard InChI is InChI=1S/C19H18N2O4/c1-23-17-5-3-4-15(18(17)24-2)19(22)21-11-13-6-7-16(20-10-13)14-8-9-25-12-14/h3-10,12H,11H2,1-2H3,(H,21,22). The number of benzene rings is 1. The Morgan fingerprint density at radius 2 is 2.04 bits per heavy atom. The van der Waals surface area contributed by atoms with Gasteiger partial charge in [-0.3, -0.25) is 9.78 Å². The second-order valence-electron chi connectivity index (χ2n) is 5.29. The van der Waals surface area contributed by atoms with Gasteiger partial charge < -0.3 is 19.2 Å². The van der Waals surface area contributed by atoms with Crippen molar-refractivity contribution < 1.29 is 18.7 Å². The molecule has 0 aliphatic heterocycles. The van der Waals surface area contributed by atoms with E-state index in [-0.39, 0.29) is 5.91 Å². The lowest BCUT2D eigenvalue weighted by Gasteiger charge is -2.12. The summed E-state index contributed by atoms with van der Waals surface area (Å²) in [4.78, 5) is 16.8. The number of para-hydroxylation sites is 1. The smallest absolute Gasteiger partial charge is 0.255 e. The first-order valence-electron chi connectivity index (χ1n) is 7.69. The molecule has 1 aromatic carbocycles. The van der Waals surface area contributed by atoms with E-state index in [0.29, 0.717) is 23.6 Å². The highest BCUT2D eigenvalue weighted by Gasteiger charge is 2.16. The van der Waals surface area contributed by atoms with E-state index in [9.17, 15) is 4.79 Å². The molecule has 3 rings (SSSR count). The summed E-state index contributed by atoms with van der Waals surface area (Å²) in [5.41, 5.74) is 3.04. The molecule has 0 atom stereocenters. The SMILES string of the molecule is COc1cccc(C(=O)NCc2ccc(-c3ccoc3)nc2)c1OC. The highest BCUT2D eigenvalue weighted by molar-refractivity contribution is 5.97.